The molecule has 1 rings (SSSR count). The molecule has 0 bridgehead atoms. The van der Waals surface area contributed by atoms with Crippen molar-refractivity contribution in [3.05, 3.63) is 0 Å². The number of carbonyl (C=O) groups is 1. The summed E-state index contributed by atoms with van der Waals surface area (Å²) < 4.78 is 0. The molecule has 0 aliphatic heterocycles. The number of aliphatic hydroxyl groups is 1. The van der Waals surface area contributed by atoms with Gasteiger partial charge in [0.25, 0.3) is 0 Å². The SMILES string of the molecule is CC(C)(C)C(C(=O)[O-])C1(O)CCCCC1. The molecule has 1 aliphatic rings. The summed E-state index contributed by atoms with van der Waals surface area (Å²) in [6.07, 6.45) is 4.09. The topological polar surface area (TPSA) is 60.4 Å². The number of hydrogen-bond donors (Lipinski definition) is 1. The molecule has 0 aromatic heterocycles. The van der Waals surface area contributed by atoms with Gasteiger partial charge in [0, 0.05) is 11.9 Å². The fraction of sp³-hybridized carbons (Fsp3) is 0.917. The summed E-state index contributed by atoms with van der Waals surface area (Å²) >= 11 is 0. The lowest BCUT2D eigenvalue weighted by Gasteiger charge is -2.46. The van der Waals surface area contributed by atoms with Gasteiger partial charge in [-0.1, -0.05) is 40.0 Å². The molecule has 0 spiro atoms. The van der Waals surface area contributed by atoms with Crippen LogP contribution >= 0.6 is 0 Å². The van der Waals surface area contributed by atoms with Crippen LogP contribution in [0.25, 0.3) is 0 Å². The van der Waals surface area contributed by atoms with E-state index in [2.05, 4.69) is 0 Å². The van der Waals surface area contributed by atoms with Gasteiger partial charge in [-0.2, -0.15) is 0 Å². The van der Waals surface area contributed by atoms with Gasteiger partial charge in [0.15, 0.2) is 0 Å². The van der Waals surface area contributed by atoms with Crippen molar-refractivity contribution in [2.24, 2.45) is 11.3 Å². The van der Waals surface area contributed by atoms with Crippen LogP contribution < -0.4 is 5.11 Å². The third-order valence-electron chi connectivity index (χ3n) is 3.36. The molecule has 0 radical (unpaired) electrons. The molecule has 0 amide bonds. The van der Waals surface area contributed by atoms with Crippen molar-refractivity contribution in [1.29, 1.82) is 0 Å². The molecule has 1 atom stereocenters. The van der Waals surface area contributed by atoms with E-state index in [1.165, 1.54) is 0 Å². The van der Waals surface area contributed by atoms with Gasteiger partial charge < -0.3 is 15.0 Å². The zero-order chi connectivity index (χ0) is 11.7. The summed E-state index contributed by atoms with van der Waals surface area (Å²) in [6.45, 7) is 5.54. The van der Waals surface area contributed by atoms with Gasteiger partial charge >= 0.3 is 0 Å². The van der Waals surface area contributed by atoms with Gasteiger partial charge in [-0.15, -0.1) is 0 Å². The van der Waals surface area contributed by atoms with Crippen LogP contribution in [0.1, 0.15) is 52.9 Å². The van der Waals surface area contributed by atoms with E-state index in [4.69, 9.17) is 0 Å². The highest BCUT2D eigenvalue weighted by Gasteiger charge is 2.44. The predicted molar refractivity (Wildman–Crippen MR) is 56.0 cm³/mol. The van der Waals surface area contributed by atoms with E-state index in [9.17, 15) is 15.0 Å². The first-order valence-corrected chi connectivity index (χ1v) is 5.70. The van der Waals surface area contributed by atoms with Crippen molar-refractivity contribution < 1.29 is 15.0 Å². The number of carbonyl (C=O) groups excluding carboxylic acids is 1. The molecule has 0 aromatic rings. The molecule has 1 N–H and O–H groups in total. The Morgan fingerprint density at radius 3 is 2.07 bits per heavy atom. The highest BCUT2D eigenvalue weighted by molar-refractivity contribution is 5.70. The molecule has 1 saturated carbocycles. The Hall–Kier alpha value is -0.570. The Morgan fingerprint density at radius 2 is 1.73 bits per heavy atom. The number of hydrogen-bond acceptors (Lipinski definition) is 3. The van der Waals surface area contributed by atoms with Crippen LogP contribution in [0.3, 0.4) is 0 Å². The number of carboxylic acid groups (broad SMARTS) is 1. The molecule has 88 valence electrons. The molecular weight excluding hydrogens is 192 g/mol. The maximum atomic E-state index is 11.2. The minimum absolute atomic E-state index is 0.453. The standard InChI is InChI=1S/C12H22O3/c1-11(2,3)9(10(13)14)12(15)7-5-4-6-8-12/h9,15H,4-8H2,1-3H3,(H,13,14)/p-1. The Bertz CT molecular complexity index is 234. The van der Waals surface area contributed by atoms with E-state index in [0.29, 0.717) is 12.8 Å². The number of carboxylic acids is 1. The zero-order valence-corrected chi connectivity index (χ0v) is 9.88. The molecule has 0 aromatic carbocycles. The summed E-state index contributed by atoms with van der Waals surface area (Å²) in [4.78, 5) is 11.2. The van der Waals surface area contributed by atoms with Crippen LogP contribution in [-0.4, -0.2) is 16.7 Å². The molecule has 15 heavy (non-hydrogen) atoms. The molecule has 3 nitrogen and oxygen atoms in total. The first kappa shape index (κ1) is 12.5. The Morgan fingerprint density at radius 1 is 1.27 bits per heavy atom. The summed E-state index contributed by atoms with van der Waals surface area (Å²) in [5, 5.41) is 21.6. The summed E-state index contributed by atoms with van der Waals surface area (Å²) in [7, 11) is 0. The lowest BCUT2D eigenvalue weighted by Crippen LogP contribution is -2.54. The second-order valence-electron chi connectivity index (χ2n) is 5.78. The Balaban J connectivity index is 2.92. The lowest BCUT2D eigenvalue weighted by molar-refractivity contribution is -0.323. The van der Waals surface area contributed by atoms with E-state index < -0.39 is 22.9 Å². The van der Waals surface area contributed by atoms with Gasteiger partial charge in [-0.25, -0.2) is 0 Å². The minimum Gasteiger partial charge on any atom is -0.550 e. The van der Waals surface area contributed by atoms with Gasteiger partial charge in [0.1, 0.15) is 0 Å². The van der Waals surface area contributed by atoms with E-state index in [0.717, 1.165) is 19.3 Å². The average molecular weight is 213 g/mol. The van der Waals surface area contributed by atoms with Gasteiger partial charge in [0.2, 0.25) is 0 Å². The maximum absolute atomic E-state index is 11.2. The second kappa shape index (κ2) is 4.12. The normalized spacial score (nSPS) is 23.5. The van der Waals surface area contributed by atoms with Gasteiger partial charge in [-0.05, 0) is 18.3 Å². The first-order valence-electron chi connectivity index (χ1n) is 5.70. The van der Waals surface area contributed by atoms with Gasteiger partial charge in [-0.3, -0.25) is 0 Å². The smallest absolute Gasteiger partial charge is 0.0732 e. The minimum atomic E-state index is -1.12. The van der Waals surface area contributed by atoms with Crippen molar-refractivity contribution in [3.63, 3.8) is 0 Å². The highest BCUT2D eigenvalue weighted by Crippen LogP contribution is 2.42. The molecule has 1 aliphatic carbocycles. The maximum Gasteiger partial charge on any atom is 0.0732 e. The van der Waals surface area contributed by atoms with Crippen LogP contribution in [0, 0.1) is 11.3 Å². The van der Waals surface area contributed by atoms with Crippen molar-refractivity contribution >= 4 is 5.97 Å². The number of rotatable bonds is 2. The third-order valence-corrected chi connectivity index (χ3v) is 3.36. The zero-order valence-electron chi connectivity index (χ0n) is 9.88. The van der Waals surface area contributed by atoms with E-state index >= 15 is 0 Å². The lowest BCUT2D eigenvalue weighted by atomic mass is 9.65. The summed E-state index contributed by atoms with van der Waals surface area (Å²) in [5.74, 6) is -1.89. The van der Waals surface area contributed by atoms with Crippen LogP contribution in [0.4, 0.5) is 0 Å². The second-order valence-corrected chi connectivity index (χ2v) is 5.78. The molecular formula is C12H21O3-. The Labute approximate surface area is 91.5 Å². The summed E-state index contributed by atoms with van der Waals surface area (Å²) in [6, 6.07) is 0. The van der Waals surface area contributed by atoms with Crippen LogP contribution in [0.5, 0.6) is 0 Å². The predicted octanol–water partition coefficient (Wildman–Crippen LogP) is 1.09. The molecule has 0 heterocycles. The monoisotopic (exact) mass is 213 g/mol. The Kier molecular flexibility index (Phi) is 3.44. The van der Waals surface area contributed by atoms with Crippen molar-refractivity contribution in [3.8, 4) is 0 Å². The third kappa shape index (κ3) is 2.71. The fourth-order valence-corrected chi connectivity index (χ4v) is 2.83. The van der Waals surface area contributed by atoms with Crippen LogP contribution in [0.15, 0.2) is 0 Å². The first-order chi connectivity index (χ1) is 6.77. The average Bonchev–Trinajstić information content (AvgIpc) is 2.00. The largest absolute Gasteiger partial charge is 0.550 e. The summed E-state index contributed by atoms with van der Waals surface area (Å²) in [5.41, 5.74) is -1.51. The van der Waals surface area contributed by atoms with Crippen molar-refractivity contribution in [2.75, 3.05) is 0 Å². The quantitative estimate of drug-likeness (QED) is 0.747. The fourth-order valence-electron chi connectivity index (χ4n) is 2.83. The molecule has 3 heteroatoms. The molecule has 1 unspecified atom stereocenters. The van der Waals surface area contributed by atoms with E-state index in [1.807, 2.05) is 20.8 Å². The number of aliphatic carboxylic acids is 1. The molecule has 1 fully saturated rings. The highest BCUT2D eigenvalue weighted by atomic mass is 16.4. The van der Waals surface area contributed by atoms with Crippen LogP contribution in [-0.2, 0) is 4.79 Å². The van der Waals surface area contributed by atoms with Crippen molar-refractivity contribution in [2.45, 2.75) is 58.5 Å². The van der Waals surface area contributed by atoms with Crippen LogP contribution in [0.2, 0.25) is 0 Å². The van der Waals surface area contributed by atoms with Crippen molar-refractivity contribution in [1.82, 2.24) is 0 Å². The van der Waals surface area contributed by atoms with Gasteiger partial charge in [0.05, 0.1) is 5.60 Å². The van der Waals surface area contributed by atoms with E-state index in [-0.39, 0.29) is 0 Å². The molecule has 0 saturated heterocycles. The van der Waals surface area contributed by atoms with E-state index in [1.54, 1.807) is 0 Å².